The molecule has 1 aromatic rings. The Morgan fingerprint density at radius 3 is 1.54 bits per heavy atom. The van der Waals surface area contributed by atoms with Crippen molar-refractivity contribution in [3.8, 4) is 5.75 Å². The van der Waals surface area contributed by atoms with Gasteiger partial charge in [-0.1, -0.05) is 12.1 Å². The molecule has 0 aliphatic heterocycles. The van der Waals surface area contributed by atoms with E-state index in [4.69, 9.17) is 9.47 Å². The molecule has 0 unspecified atom stereocenters. The van der Waals surface area contributed by atoms with Gasteiger partial charge in [0.15, 0.2) is 0 Å². The molecule has 0 bridgehead atoms. The molecule has 0 heterocycles. The highest BCUT2D eigenvalue weighted by molar-refractivity contribution is 6.04. The molecule has 0 amide bonds. The van der Waals surface area contributed by atoms with Gasteiger partial charge >= 0.3 is 11.9 Å². The van der Waals surface area contributed by atoms with Crippen molar-refractivity contribution in [3.63, 3.8) is 0 Å². The first-order chi connectivity index (χ1) is 12.2. The van der Waals surface area contributed by atoms with E-state index in [1.54, 1.807) is 13.8 Å². The Morgan fingerprint density at radius 1 is 0.846 bits per heavy atom. The van der Waals surface area contributed by atoms with Crippen molar-refractivity contribution in [3.05, 3.63) is 29.8 Å². The van der Waals surface area contributed by atoms with Crippen molar-refractivity contribution in [2.75, 3.05) is 13.2 Å². The molecule has 7 nitrogen and oxygen atoms in total. The Kier molecular flexibility index (Phi) is 7.96. The average molecular weight is 364 g/mol. The van der Waals surface area contributed by atoms with Gasteiger partial charge in [0.25, 0.3) is 0 Å². The van der Waals surface area contributed by atoms with Gasteiger partial charge in [0, 0.05) is 5.92 Å². The van der Waals surface area contributed by atoms with Crippen LogP contribution in [0.2, 0.25) is 0 Å². The normalized spacial score (nSPS) is 13.0. The van der Waals surface area contributed by atoms with Gasteiger partial charge in [0.2, 0.25) is 0 Å². The smallest absolute Gasteiger partial charge is 0.317 e. The summed E-state index contributed by atoms with van der Waals surface area (Å²) < 4.78 is 9.98. The van der Waals surface area contributed by atoms with Crippen molar-refractivity contribution < 1.29 is 33.8 Å². The number of ketones is 2. The number of carbonyl (C=O) groups is 4. The quantitative estimate of drug-likeness (QED) is 0.527. The zero-order valence-corrected chi connectivity index (χ0v) is 15.4. The van der Waals surface area contributed by atoms with E-state index in [1.165, 1.54) is 38.1 Å². The molecule has 0 saturated carbocycles. The maximum absolute atomic E-state index is 12.4. The van der Waals surface area contributed by atoms with E-state index in [-0.39, 0.29) is 19.0 Å². The summed E-state index contributed by atoms with van der Waals surface area (Å²) >= 11 is 0. The minimum atomic E-state index is -1.35. The Balaban J connectivity index is 3.55. The van der Waals surface area contributed by atoms with E-state index in [0.29, 0.717) is 5.56 Å². The van der Waals surface area contributed by atoms with Crippen molar-refractivity contribution in [1.82, 2.24) is 0 Å². The summed E-state index contributed by atoms with van der Waals surface area (Å²) in [6, 6.07) is 5.63. The van der Waals surface area contributed by atoms with Gasteiger partial charge in [0.1, 0.15) is 29.2 Å². The number of hydrogen-bond acceptors (Lipinski definition) is 7. The summed E-state index contributed by atoms with van der Waals surface area (Å²) in [5, 5.41) is 9.50. The summed E-state index contributed by atoms with van der Waals surface area (Å²) in [6.07, 6.45) is 0. The maximum atomic E-state index is 12.4. The van der Waals surface area contributed by atoms with Crippen LogP contribution in [0.3, 0.4) is 0 Å². The molecule has 0 spiro atoms. The topological polar surface area (TPSA) is 107 Å². The molecule has 2 atom stereocenters. The molecule has 26 heavy (non-hydrogen) atoms. The second-order valence-electron chi connectivity index (χ2n) is 5.80. The van der Waals surface area contributed by atoms with Crippen molar-refractivity contribution in [2.24, 2.45) is 11.8 Å². The Morgan fingerprint density at radius 2 is 1.23 bits per heavy atom. The SMILES string of the molecule is CCOC(=O)[C@@H](C(C)=O)C(c1ccc(O)cc1)[C@H](C(C)=O)C(=O)OCC. The minimum absolute atomic E-state index is 0.0291. The number of hydrogen-bond donors (Lipinski definition) is 1. The Labute approximate surface area is 152 Å². The lowest BCUT2D eigenvalue weighted by atomic mass is 9.73. The van der Waals surface area contributed by atoms with Crippen LogP contribution in [-0.4, -0.2) is 41.8 Å². The summed E-state index contributed by atoms with van der Waals surface area (Å²) in [5.74, 6) is -6.51. The van der Waals surface area contributed by atoms with Crippen LogP contribution in [0.25, 0.3) is 0 Å². The molecule has 0 aliphatic carbocycles. The third kappa shape index (κ3) is 5.15. The van der Waals surface area contributed by atoms with Crippen LogP contribution in [0.5, 0.6) is 5.75 Å². The fourth-order valence-corrected chi connectivity index (χ4v) is 2.87. The van der Waals surface area contributed by atoms with Gasteiger partial charge in [-0.3, -0.25) is 19.2 Å². The number of benzene rings is 1. The molecule has 0 fully saturated rings. The van der Waals surface area contributed by atoms with Crippen LogP contribution in [0.1, 0.15) is 39.2 Å². The summed E-state index contributed by atoms with van der Waals surface area (Å²) in [7, 11) is 0. The highest BCUT2D eigenvalue weighted by atomic mass is 16.5. The van der Waals surface area contributed by atoms with Crippen LogP contribution < -0.4 is 0 Å². The molecule has 1 N–H and O–H groups in total. The second kappa shape index (κ2) is 9.70. The number of Topliss-reactive ketones (excluding diaryl/α,β-unsaturated/α-hetero) is 2. The first-order valence-corrected chi connectivity index (χ1v) is 8.37. The summed E-state index contributed by atoms with van der Waals surface area (Å²) in [5.41, 5.74) is 0.379. The Bertz CT molecular complexity index is 627. The number of phenols is 1. The zero-order chi connectivity index (χ0) is 19.9. The van der Waals surface area contributed by atoms with E-state index in [9.17, 15) is 24.3 Å². The first kappa shape index (κ1) is 21.3. The average Bonchev–Trinajstić information content (AvgIpc) is 2.55. The largest absolute Gasteiger partial charge is 0.508 e. The Hall–Kier alpha value is -2.70. The number of esters is 2. The van der Waals surface area contributed by atoms with Gasteiger partial charge in [-0.25, -0.2) is 0 Å². The van der Waals surface area contributed by atoms with Crippen molar-refractivity contribution >= 4 is 23.5 Å². The monoisotopic (exact) mass is 364 g/mol. The van der Waals surface area contributed by atoms with Gasteiger partial charge in [-0.2, -0.15) is 0 Å². The minimum Gasteiger partial charge on any atom is -0.508 e. The van der Waals surface area contributed by atoms with Gasteiger partial charge in [-0.15, -0.1) is 0 Å². The van der Waals surface area contributed by atoms with E-state index < -0.39 is 41.3 Å². The van der Waals surface area contributed by atoms with Crippen LogP contribution >= 0.6 is 0 Å². The molecule has 1 rings (SSSR count). The van der Waals surface area contributed by atoms with Gasteiger partial charge in [-0.05, 0) is 45.4 Å². The molecule has 7 heteroatoms. The van der Waals surface area contributed by atoms with E-state index in [2.05, 4.69) is 0 Å². The third-order valence-corrected chi connectivity index (χ3v) is 3.95. The molecule has 0 aliphatic rings. The van der Waals surface area contributed by atoms with Gasteiger partial charge in [0.05, 0.1) is 13.2 Å². The van der Waals surface area contributed by atoms with E-state index in [0.717, 1.165) is 0 Å². The fourth-order valence-electron chi connectivity index (χ4n) is 2.87. The maximum Gasteiger partial charge on any atom is 0.317 e. The lowest BCUT2D eigenvalue weighted by molar-refractivity contribution is -0.157. The molecule has 0 radical (unpaired) electrons. The number of phenolic OH excluding ortho intramolecular Hbond substituents is 1. The fraction of sp³-hybridized carbons (Fsp3) is 0.474. The highest BCUT2D eigenvalue weighted by Crippen LogP contribution is 2.36. The summed E-state index contributed by atoms with van der Waals surface area (Å²) in [6.45, 7) is 5.70. The van der Waals surface area contributed by atoms with E-state index >= 15 is 0 Å². The number of carbonyl (C=O) groups excluding carboxylic acids is 4. The molecule has 142 valence electrons. The molecular weight excluding hydrogens is 340 g/mol. The van der Waals surface area contributed by atoms with Crippen LogP contribution in [0.4, 0.5) is 0 Å². The molecule has 0 aromatic heterocycles. The van der Waals surface area contributed by atoms with Crippen molar-refractivity contribution in [2.45, 2.75) is 33.6 Å². The number of rotatable bonds is 9. The van der Waals surface area contributed by atoms with Crippen LogP contribution in [0, 0.1) is 11.8 Å². The second-order valence-corrected chi connectivity index (χ2v) is 5.80. The van der Waals surface area contributed by atoms with Crippen LogP contribution in [0.15, 0.2) is 24.3 Å². The number of aromatic hydroxyl groups is 1. The highest BCUT2D eigenvalue weighted by Gasteiger charge is 2.45. The first-order valence-electron chi connectivity index (χ1n) is 8.37. The predicted molar refractivity (Wildman–Crippen MR) is 92.5 cm³/mol. The van der Waals surface area contributed by atoms with E-state index in [1.807, 2.05) is 0 Å². The predicted octanol–water partition coefficient (Wildman–Crippen LogP) is 2.01. The lowest BCUT2D eigenvalue weighted by Crippen LogP contribution is -2.40. The number of ether oxygens (including phenoxy) is 2. The van der Waals surface area contributed by atoms with Crippen LogP contribution in [-0.2, 0) is 28.7 Å². The standard InChI is InChI=1S/C19H24O7/c1-5-25-18(23)15(11(3)20)17(13-7-9-14(22)10-8-13)16(12(4)21)19(24)26-6-2/h7-10,15-17,22H,5-6H2,1-4H3/t15-,16-/m0/s1. The molecular formula is C19H24O7. The van der Waals surface area contributed by atoms with Gasteiger partial charge < -0.3 is 14.6 Å². The third-order valence-electron chi connectivity index (χ3n) is 3.95. The molecule has 1 aromatic carbocycles. The van der Waals surface area contributed by atoms with Crippen molar-refractivity contribution in [1.29, 1.82) is 0 Å². The zero-order valence-electron chi connectivity index (χ0n) is 15.4. The summed E-state index contributed by atoms with van der Waals surface area (Å²) in [4.78, 5) is 49.3. The lowest BCUT2D eigenvalue weighted by Gasteiger charge is -2.29. The molecule has 0 saturated heterocycles.